The minimum Gasteiger partial charge on any atom is -0.463 e. The maximum atomic E-state index is 12.8. The van der Waals surface area contributed by atoms with Crippen molar-refractivity contribution in [3.63, 3.8) is 0 Å². The third kappa shape index (κ3) is 5.14. The molecule has 162 valence electrons. The Bertz CT molecular complexity index is 832. The summed E-state index contributed by atoms with van der Waals surface area (Å²) >= 11 is 1.62. The molecule has 2 aliphatic heterocycles. The van der Waals surface area contributed by atoms with Crippen molar-refractivity contribution in [2.45, 2.75) is 30.7 Å². The van der Waals surface area contributed by atoms with Crippen LogP contribution in [0.25, 0.3) is 0 Å². The first-order valence-electron chi connectivity index (χ1n) is 10.1. The van der Waals surface area contributed by atoms with Gasteiger partial charge < -0.3 is 21.1 Å². The quantitative estimate of drug-likeness (QED) is 0.447. The molecule has 1 saturated heterocycles. The Morgan fingerprint density at radius 1 is 1.23 bits per heavy atom. The summed E-state index contributed by atoms with van der Waals surface area (Å²) in [6.07, 6.45) is 3.33. The molecule has 3 amide bonds. The SMILES string of the molecule is CCOC(=O)C1=C(CN2CCC(C(N)=O)CC2)NC(=O)N[C@H]1c1ccc(SC)cc1. The van der Waals surface area contributed by atoms with E-state index in [4.69, 9.17) is 10.5 Å². The number of carbonyl (C=O) groups is 3. The monoisotopic (exact) mass is 432 g/mol. The zero-order valence-corrected chi connectivity index (χ0v) is 18.1. The molecule has 0 saturated carbocycles. The average molecular weight is 433 g/mol. The lowest BCUT2D eigenvalue weighted by molar-refractivity contribution is -0.139. The van der Waals surface area contributed by atoms with Gasteiger partial charge in [-0.1, -0.05) is 12.1 Å². The van der Waals surface area contributed by atoms with Crippen molar-refractivity contribution >= 4 is 29.7 Å². The van der Waals surface area contributed by atoms with E-state index in [0.29, 0.717) is 43.7 Å². The Kier molecular flexibility index (Phi) is 7.38. The Hall–Kier alpha value is -2.52. The number of primary amides is 1. The van der Waals surface area contributed by atoms with E-state index in [1.54, 1.807) is 18.7 Å². The molecule has 0 spiro atoms. The van der Waals surface area contributed by atoms with E-state index in [1.165, 1.54) is 0 Å². The van der Waals surface area contributed by atoms with Gasteiger partial charge >= 0.3 is 12.0 Å². The average Bonchev–Trinajstić information content (AvgIpc) is 2.74. The number of likely N-dealkylation sites (tertiary alicyclic amines) is 1. The van der Waals surface area contributed by atoms with E-state index in [-0.39, 0.29) is 24.5 Å². The highest BCUT2D eigenvalue weighted by Crippen LogP contribution is 2.30. The summed E-state index contributed by atoms with van der Waals surface area (Å²) in [7, 11) is 0. The molecule has 4 N–H and O–H groups in total. The van der Waals surface area contributed by atoms with Gasteiger partial charge in [0.25, 0.3) is 0 Å². The van der Waals surface area contributed by atoms with Gasteiger partial charge in [0.05, 0.1) is 18.2 Å². The normalized spacial score (nSPS) is 20.5. The molecular weight excluding hydrogens is 404 g/mol. The molecule has 2 aliphatic rings. The summed E-state index contributed by atoms with van der Waals surface area (Å²) in [6.45, 7) is 3.73. The standard InChI is InChI=1S/C21H28N4O4S/c1-3-29-20(27)17-16(12-25-10-8-14(9-11-25)19(22)26)23-21(28)24-18(17)13-4-6-15(30-2)7-5-13/h4-7,14,18H,3,8-12H2,1-2H3,(H2,22,26)(H2,23,24,28)/t18-/m0/s1. The van der Waals surface area contributed by atoms with Crippen LogP contribution in [0.3, 0.4) is 0 Å². The molecule has 0 bridgehead atoms. The van der Waals surface area contributed by atoms with E-state index in [9.17, 15) is 14.4 Å². The van der Waals surface area contributed by atoms with Crippen LogP contribution in [0, 0.1) is 5.92 Å². The lowest BCUT2D eigenvalue weighted by Crippen LogP contribution is -2.49. The number of nitrogens with zero attached hydrogens (tertiary/aromatic N) is 1. The van der Waals surface area contributed by atoms with Gasteiger partial charge in [0, 0.05) is 23.1 Å². The highest BCUT2D eigenvalue weighted by atomic mass is 32.2. The van der Waals surface area contributed by atoms with E-state index < -0.39 is 12.0 Å². The van der Waals surface area contributed by atoms with Gasteiger partial charge in [-0.3, -0.25) is 9.69 Å². The Balaban J connectivity index is 1.89. The zero-order valence-electron chi connectivity index (χ0n) is 17.3. The summed E-state index contributed by atoms with van der Waals surface area (Å²) in [4.78, 5) is 39.9. The number of carbonyl (C=O) groups excluding carboxylic acids is 3. The molecule has 1 aromatic rings. The Morgan fingerprint density at radius 3 is 2.47 bits per heavy atom. The number of hydrogen-bond acceptors (Lipinski definition) is 6. The first-order chi connectivity index (χ1) is 14.4. The molecule has 1 atom stereocenters. The fourth-order valence-electron chi connectivity index (χ4n) is 3.84. The second kappa shape index (κ2) is 9.99. The van der Waals surface area contributed by atoms with Crippen LogP contribution in [-0.4, -0.2) is 55.3 Å². The van der Waals surface area contributed by atoms with Crippen LogP contribution < -0.4 is 16.4 Å². The summed E-state index contributed by atoms with van der Waals surface area (Å²) < 4.78 is 5.31. The number of nitrogens with one attached hydrogen (secondary N) is 2. The number of amides is 3. The Labute approximate surface area is 180 Å². The van der Waals surface area contributed by atoms with Crippen molar-refractivity contribution in [1.29, 1.82) is 0 Å². The van der Waals surface area contributed by atoms with Crippen LogP contribution in [0.15, 0.2) is 40.4 Å². The van der Waals surface area contributed by atoms with Crippen LogP contribution >= 0.6 is 11.8 Å². The molecular formula is C21H28N4O4S. The smallest absolute Gasteiger partial charge is 0.338 e. The lowest BCUT2D eigenvalue weighted by Gasteiger charge is -2.34. The third-order valence-corrected chi connectivity index (χ3v) is 6.21. The molecule has 0 unspecified atom stereocenters. The fourth-order valence-corrected chi connectivity index (χ4v) is 4.25. The van der Waals surface area contributed by atoms with Crippen LogP contribution in [-0.2, 0) is 14.3 Å². The Morgan fingerprint density at radius 2 is 1.90 bits per heavy atom. The number of rotatable bonds is 7. The molecule has 1 aromatic carbocycles. The minimum absolute atomic E-state index is 0.120. The van der Waals surface area contributed by atoms with Crippen LogP contribution in [0.5, 0.6) is 0 Å². The lowest BCUT2D eigenvalue weighted by atomic mass is 9.93. The third-order valence-electron chi connectivity index (χ3n) is 5.47. The molecule has 0 radical (unpaired) electrons. The maximum absolute atomic E-state index is 12.8. The molecule has 1 fully saturated rings. The van der Waals surface area contributed by atoms with Crippen molar-refractivity contribution in [3.05, 3.63) is 41.1 Å². The number of hydrogen-bond donors (Lipinski definition) is 3. The van der Waals surface area contributed by atoms with Crippen molar-refractivity contribution in [2.24, 2.45) is 11.7 Å². The number of benzene rings is 1. The molecule has 30 heavy (non-hydrogen) atoms. The van der Waals surface area contributed by atoms with Gasteiger partial charge in [0.2, 0.25) is 5.91 Å². The van der Waals surface area contributed by atoms with Gasteiger partial charge in [0.15, 0.2) is 0 Å². The van der Waals surface area contributed by atoms with E-state index >= 15 is 0 Å². The highest BCUT2D eigenvalue weighted by Gasteiger charge is 2.35. The molecule has 3 rings (SSSR count). The van der Waals surface area contributed by atoms with Crippen molar-refractivity contribution in [3.8, 4) is 0 Å². The zero-order chi connectivity index (χ0) is 21.7. The topological polar surface area (TPSA) is 114 Å². The fraction of sp³-hybridized carbons (Fsp3) is 0.476. The van der Waals surface area contributed by atoms with Crippen molar-refractivity contribution < 1.29 is 19.1 Å². The summed E-state index contributed by atoms with van der Waals surface area (Å²) in [6, 6.07) is 6.81. The molecule has 0 aliphatic carbocycles. The van der Waals surface area contributed by atoms with Gasteiger partial charge in [-0.15, -0.1) is 11.8 Å². The largest absolute Gasteiger partial charge is 0.463 e. The second-order valence-electron chi connectivity index (χ2n) is 7.37. The van der Waals surface area contributed by atoms with E-state index in [0.717, 1.165) is 10.5 Å². The predicted molar refractivity (Wildman–Crippen MR) is 115 cm³/mol. The van der Waals surface area contributed by atoms with E-state index in [1.807, 2.05) is 30.5 Å². The number of urea groups is 1. The highest BCUT2D eigenvalue weighted by molar-refractivity contribution is 7.98. The summed E-state index contributed by atoms with van der Waals surface area (Å²) in [5, 5.41) is 5.65. The summed E-state index contributed by atoms with van der Waals surface area (Å²) in [5.74, 6) is -0.846. The first-order valence-corrected chi connectivity index (χ1v) is 11.3. The minimum atomic E-state index is -0.591. The first kappa shape index (κ1) is 22.2. The van der Waals surface area contributed by atoms with Crippen molar-refractivity contribution in [2.75, 3.05) is 32.5 Å². The molecule has 2 heterocycles. The number of thioether (sulfide) groups is 1. The number of nitrogens with two attached hydrogens (primary N) is 1. The second-order valence-corrected chi connectivity index (χ2v) is 8.25. The number of ether oxygens (including phenoxy) is 1. The van der Waals surface area contributed by atoms with Crippen LogP contribution in [0.1, 0.15) is 31.4 Å². The number of esters is 1. The van der Waals surface area contributed by atoms with Gasteiger partial charge in [-0.05, 0) is 56.8 Å². The number of piperidine rings is 1. The van der Waals surface area contributed by atoms with Crippen LogP contribution in [0.4, 0.5) is 4.79 Å². The van der Waals surface area contributed by atoms with E-state index in [2.05, 4.69) is 15.5 Å². The molecule has 0 aromatic heterocycles. The predicted octanol–water partition coefficient (Wildman–Crippen LogP) is 1.78. The van der Waals surface area contributed by atoms with Gasteiger partial charge in [-0.25, -0.2) is 9.59 Å². The van der Waals surface area contributed by atoms with Gasteiger partial charge in [0.1, 0.15) is 0 Å². The van der Waals surface area contributed by atoms with Crippen LogP contribution in [0.2, 0.25) is 0 Å². The molecule has 8 nitrogen and oxygen atoms in total. The molecule has 9 heteroatoms. The van der Waals surface area contributed by atoms with Gasteiger partial charge in [-0.2, -0.15) is 0 Å². The van der Waals surface area contributed by atoms with Crippen molar-refractivity contribution in [1.82, 2.24) is 15.5 Å². The summed E-state index contributed by atoms with van der Waals surface area (Å²) in [5.41, 5.74) is 7.18. The maximum Gasteiger partial charge on any atom is 0.338 e.